The zero-order chi connectivity index (χ0) is 23.1. The van der Waals surface area contributed by atoms with E-state index in [2.05, 4.69) is 17.1 Å². The summed E-state index contributed by atoms with van der Waals surface area (Å²) in [6, 6.07) is 16.4. The summed E-state index contributed by atoms with van der Waals surface area (Å²) in [4.78, 5) is 43.5. The number of Topliss-reactive ketones (excluding diaryl/α,β-unsaturated/α-hetero) is 2. The molecule has 0 saturated heterocycles. The standard InChI is InChI=1S/C11H11NO3.C11H12O.CH4.K.HNO3/c1-8(13)11(6-7-11)9-2-4-10(5-3-9)12(14)15;1-9(12)11(7-8-11)10-5-3-2-4-6-10;;;2-1-4-3/h2-5H,6-7H2,1H3;2-6H,7-8H2,1H3;1H4;;3H/q;;;+1;/p-1. The molecule has 0 N–H and O–H groups in total. The molecule has 10 heteroatoms. The monoisotopic (exact) mass is 482 g/mol. The average molecular weight is 483 g/mol. The molecule has 2 aliphatic rings. The van der Waals surface area contributed by atoms with Crippen LogP contribution >= 0.6 is 0 Å². The van der Waals surface area contributed by atoms with Crippen LogP contribution in [-0.4, -0.2) is 16.5 Å². The molecule has 2 aliphatic carbocycles. The number of carbonyl (C=O) groups is 2. The van der Waals surface area contributed by atoms with Crippen LogP contribution in [0, 0.1) is 15.0 Å². The SMILES string of the molecule is C.CC(=O)C1(c2ccc([N+](=O)[O-])cc2)CC1.CC(=O)C1(c2ccccc2)CC1.O=NO[O-].[K+]. The Labute approximate surface area is 235 Å². The Morgan fingerprint density at radius 1 is 0.879 bits per heavy atom. The summed E-state index contributed by atoms with van der Waals surface area (Å²) in [5, 5.41) is 20.2. The molecule has 0 bridgehead atoms. The second-order valence-corrected chi connectivity index (χ2v) is 7.60. The summed E-state index contributed by atoms with van der Waals surface area (Å²) in [7, 11) is 0. The number of ketones is 2. The van der Waals surface area contributed by atoms with Crippen LogP contribution in [0.1, 0.15) is 58.1 Å². The summed E-state index contributed by atoms with van der Waals surface area (Å²) in [5.41, 5.74) is 1.73. The van der Waals surface area contributed by atoms with Crippen LogP contribution in [0.15, 0.2) is 59.9 Å². The fourth-order valence-electron chi connectivity index (χ4n) is 3.60. The Kier molecular flexibility index (Phi) is 13.0. The first-order valence-corrected chi connectivity index (χ1v) is 9.68. The third kappa shape index (κ3) is 7.87. The summed E-state index contributed by atoms with van der Waals surface area (Å²) >= 11 is 0. The Morgan fingerprint density at radius 3 is 1.52 bits per heavy atom. The quantitative estimate of drug-likeness (QED) is 0.198. The Morgan fingerprint density at radius 2 is 1.24 bits per heavy atom. The van der Waals surface area contributed by atoms with Crippen molar-refractivity contribution >= 4 is 17.3 Å². The van der Waals surface area contributed by atoms with Crippen LogP contribution in [-0.2, 0) is 25.4 Å². The predicted octanol–water partition coefficient (Wildman–Crippen LogP) is 1.12. The van der Waals surface area contributed by atoms with E-state index in [1.807, 2.05) is 18.2 Å². The van der Waals surface area contributed by atoms with Crippen molar-refractivity contribution in [2.45, 2.75) is 57.8 Å². The molecule has 0 radical (unpaired) electrons. The summed E-state index contributed by atoms with van der Waals surface area (Å²) in [6.07, 6.45) is 3.79. The van der Waals surface area contributed by atoms with Gasteiger partial charge < -0.3 is 10.2 Å². The molecule has 0 spiro atoms. The maximum atomic E-state index is 11.4. The summed E-state index contributed by atoms with van der Waals surface area (Å²) in [6.45, 7) is 3.27. The maximum absolute atomic E-state index is 11.4. The predicted molar refractivity (Wildman–Crippen MR) is 116 cm³/mol. The van der Waals surface area contributed by atoms with Crippen molar-refractivity contribution in [3.05, 3.63) is 80.7 Å². The molecule has 2 aromatic carbocycles. The van der Waals surface area contributed by atoms with Gasteiger partial charge >= 0.3 is 51.4 Å². The van der Waals surface area contributed by atoms with Gasteiger partial charge in [-0.3, -0.25) is 19.7 Å². The fraction of sp³-hybridized carbons (Fsp3) is 0.391. The van der Waals surface area contributed by atoms with Gasteiger partial charge in [0.05, 0.1) is 15.8 Å². The molecule has 172 valence electrons. The third-order valence-corrected chi connectivity index (χ3v) is 5.84. The van der Waals surface area contributed by atoms with Crippen LogP contribution in [0.4, 0.5) is 5.69 Å². The van der Waals surface area contributed by atoms with E-state index in [0.29, 0.717) is 5.78 Å². The molecule has 4 rings (SSSR count). The third-order valence-electron chi connectivity index (χ3n) is 5.84. The minimum absolute atomic E-state index is 0. The van der Waals surface area contributed by atoms with Crippen molar-refractivity contribution in [2.75, 3.05) is 0 Å². The number of hydrogen-bond donors (Lipinski definition) is 0. The van der Waals surface area contributed by atoms with Gasteiger partial charge in [-0.15, -0.1) is 4.91 Å². The molecule has 33 heavy (non-hydrogen) atoms. The number of non-ortho nitro benzene ring substituents is 1. The zero-order valence-corrected chi connectivity index (χ0v) is 21.4. The normalized spacial score (nSPS) is 15.2. The number of rotatable bonds is 6. The Bertz CT molecular complexity index is 941. The van der Waals surface area contributed by atoms with Crippen molar-refractivity contribution in [1.29, 1.82) is 0 Å². The number of carbonyl (C=O) groups excluding carboxylic acids is 2. The van der Waals surface area contributed by atoms with Crippen molar-refractivity contribution in [1.82, 2.24) is 0 Å². The Hall–Kier alpha value is -1.82. The van der Waals surface area contributed by atoms with Gasteiger partial charge in [-0.2, -0.15) is 0 Å². The molecular formula is C23H27KN2O7. The van der Waals surface area contributed by atoms with Gasteiger partial charge in [-0.25, -0.2) is 0 Å². The van der Waals surface area contributed by atoms with Crippen LogP contribution < -0.4 is 56.6 Å². The second-order valence-electron chi connectivity index (χ2n) is 7.60. The van der Waals surface area contributed by atoms with E-state index in [9.17, 15) is 19.7 Å². The van der Waals surface area contributed by atoms with E-state index in [1.165, 1.54) is 23.0 Å². The first kappa shape index (κ1) is 31.2. The minimum atomic E-state index is -0.433. The zero-order valence-electron chi connectivity index (χ0n) is 18.3. The fourth-order valence-corrected chi connectivity index (χ4v) is 3.60. The molecular weight excluding hydrogens is 455 g/mol. The number of hydrogen-bond acceptors (Lipinski definition) is 8. The van der Waals surface area contributed by atoms with E-state index in [1.54, 1.807) is 26.0 Å². The van der Waals surface area contributed by atoms with E-state index >= 15 is 0 Å². The first-order valence-electron chi connectivity index (χ1n) is 9.68. The summed E-state index contributed by atoms with van der Waals surface area (Å²) in [5.74, 6) is 0.463. The molecule has 0 aliphatic heterocycles. The van der Waals surface area contributed by atoms with Crippen molar-refractivity contribution in [2.24, 2.45) is 5.34 Å². The molecule has 0 aromatic heterocycles. The van der Waals surface area contributed by atoms with Crippen LogP contribution in [0.2, 0.25) is 0 Å². The molecule has 0 atom stereocenters. The van der Waals surface area contributed by atoms with Gasteiger partial charge in [0.25, 0.3) is 5.69 Å². The first-order chi connectivity index (χ1) is 14.7. The average Bonchev–Trinajstić information content (AvgIpc) is 3.69. The van der Waals surface area contributed by atoms with Crippen molar-refractivity contribution < 1.29 is 76.1 Å². The minimum Gasteiger partial charge on any atom is -0.635 e. The van der Waals surface area contributed by atoms with E-state index in [-0.39, 0.29) is 81.1 Å². The Balaban J connectivity index is 0.000000516. The van der Waals surface area contributed by atoms with Crippen LogP contribution in [0.5, 0.6) is 0 Å². The molecule has 9 nitrogen and oxygen atoms in total. The van der Waals surface area contributed by atoms with Crippen LogP contribution in [0.25, 0.3) is 0 Å². The second kappa shape index (κ2) is 13.8. The van der Waals surface area contributed by atoms with Crippen molar-refractivity contribution in [3.63, 3.8) is 0 Å². The van der Waals surface area contributed by atoms with Crippen LogP contribution in [0.3, 0.4) is 0 Å². The molecule has 0 heterocycles. The molecule has 2 fully saturated rings. The molecule has 0 unspecified atom stereocenters. The molecule has 2 saturated carbocycles. The van der Waals surface area contributed by atoms with Gasteiger partial charge in [-0.05, 0) is 50.7 Å². The van der Waals surface area contributed by atoms with Gasteiger partial charge in [-0.1, -0.05) is 49.9 Å². The number of nitro groups is 1. The maximum Gasteiger partial charge on any atom is 1.00 e. The number of benzene rings is 2. The van der Waals surface area contributed by atoms with Gasteiger partial charge in [0, 0.05) is 12.1 Å². The largest absolute Gasteiger partial charge is 1.00 e. The van der Waals surface area contributed by atoms with E-state index in [0.717, 1.165) is 31.2 Å². The summed E-state index contributed by atoms with van der Waals surface area (Å²) < 4.78 is 0. The van der Waals surface area contributed by atoms with E-state index < -0.39 is 4.92 Å². The smallest absolute Gasteiger partial charge is 0.635 e. The van der Waals surface area contributed by atoms with E-state index in [4.69, 9.17) is 10.2 Å². The topological polar surface area (TPSA) is 139 Å². The van der Waals surface area contributed by atoms with Crippen molar-refractivity contribution in [3.8, 4) is 0 Å². The number of nitrogens with zero attached hydrogens (tertiary/aromatic N) is 2. The van der Waals surface area contributed by atoms with Gasteiger partial charge in [0.1, 0.15) is 16.9 Å². The number of nitro benzene ring substituents is 1. The van der Waals surface area contributed by atoms with Gasteiger partial charge in [0.2, 0.25) is 0 Å². The molecule has 2 aromatic rings. The molecule has 0 amide bonds. The van der Waals surface area contributed by atoms with Gasteiger partial charge in [0.15, 0.2) is 0 Å².